The Morgan fingerprint density at radius 2 is 1.00 bits per heavy atom. The van der Waals surface area contributed by atoms with Crippen molar-refractivity contribution in [1.82, 2.24) is 4.57 Å². The molecule has 6 aromatic rings. The van der Waals surface area contributed by atoms with Crippen molar-refractivity contribution >= 4 is 21.8 Å². The lowest BCUT2D eigenvalue weighted by Gasteiger charge is -2.09. The van der Waals surface area contributed by atoms with E-state index >= 15 is 0 Å². The summed E-state index contributed by atoms with van der Waals surface area (Å²) < 4.78 is 90.8. The highest BCUT2D eigenvalue weighted by molar-refractivity contribution is 6.11. The van der Waals surface area contributed by atoms with Crippen molar-refractivity contribution in [3.05, 3.63) is 102 Å². The Hall–Kier alpha value is -4.40. The molecule has 0 saturated heterocycles. The van der Waals surface area contributed by atoms with Crippen molar-refractivity contribution in [1.29, 1.82) is 0 Å². The molecule has 3 nitrogen and oxygen atoms in total. The highest BCUT2D eigenvalue weighted by atomic mass is 19.4. The molecule has 38 heavy (non-hydrogen) atoms. The molecule has 0 spiro atoms. The van der Waals surface area contributed by atoms with Gasteiger partial charge in [0.05, 0.1) is 11.0 Å². The molecule has 0 N–H and O–H groups in total. The topological polar surface area (TPSA) is 31.2 Å². The Morgan fingerprint density at radius 1 is 0.553 bits per heavy atom. The summed E-state index contributed by atoms with van der Waals surface area (Å²) in [5, 5.41) is 1.37. The molecule has 0 bridgehead atoms. The van der Waals surface area contributed by atoms with Crippen LogP contribution in [0.25, 0.3) is 50.1 Å². The van der Waals surface area contributed by atoms with Gasteiger partial charge in [-0.05, 0) is 79.7 Å². The third kappa shape index (κ3) is 4.04. The van der Waals surface area contributed by atoms with Gasteiger partial charge in [0.1, 0.15) is 11.5 Å². The van der Waals surface area contributed by atoms with Crippen LogP contribution in [-0.2, 0) is 12.4 Å². The Bertz CT molecular complexity index is 1690. The number of aryl methyl sites for hydroxylation is 1. The van der Waals surface area contributed by atoms with Crippen LogP contribution in [0.3, 0.4) is 0 Å². The summed E-state index contributed by atoms with van der Waals surface area (Å²) in [4.78, 5) is 0. The monoisotopic (exact) mass is 525 g/mol. The summed E-state index contributed by atoms with van der Waals surface area (Å²) in [6.07, 6.45) is -9.23. The number of hydrogen-bond donors (Lipinski definition) is 0. The predicted molar refractivity (Wildman–Crippen MR) is 131 cm³/mol. The fourth-order valence-electron chi connectivity index (χ4n) is 4.59. The second kappa shape index (κ2) is 8.31. The Labute approximate surface area is 211 Å². The van der Waals surface area contributed by atoms with Gasteiger partial charge in [-0.15, -0.1) is 0 Å². The Balaban J connectivity index is 1.58. The predicted octanol–water partition coefficient (Wildman–Crippen LogP) is 9.65. The third-order valence-corrected chi connectivity index (χ3v) is 6.40. The van der Waals surface area contributed by atoms with Gasteiger partial charge in [-0.2, -0.15) is 26.3 Å². The smallest absolute Gasteiger partial charge is 0.449 e. The molecule has 0 unspecified atom stereocenters. The minimum Gasteiger partial charge on any atom is -0.452 e. The molecule has 3 aromatic heterocycles. The molecule has 0 fully saturated rings. The lowest BCUT2D eigenvalue weighted by molar-refractivity contribution is -0.153. The van der Waals surface area contributed by atoms with E-state index in [4.69, 9.17) is 8.83 Å². The average molecular weight is 525 g/mol. The number of aromatic nitrogens is 1. The van der Waals surface area contributed by atoms with Crippen LogP contribution in [0.15, 0.2) is 93.8 Å². The van der Waals surface area contributed by atoms with E-state index in [1.807, 2.05) is 35.8 Å². The summed E-state index contributed by atoms with van der Waals surface area (Å²) in [7, 11) is 0. The molecule has 0 aliphatic carbocycles. The minimum atomic E-state index is -4.61. The molecular weight excluding hydrogens is 508 g/mol. The van der Waals surface area contributed by atoms with Crippen LogP contribution in [0.5, 0.6) is 0 Å². The molecule has 0 amide bonds. The van der Waals surface area contributed by atoms with Gasteiger partial charge >= 0.3 is 12.4 Å². The Kier molecular flexibility index (Phi) is 5.24. The van der Waals surface area contributed by atoms with Gasteiger partial charge < -0.3 is 13.4 Å². The second-order valence-corrected chi connectivity index (χ2v) is 8.96. The lowest BCUT2D eigenvalue weighted by atomic mass is 10.1. The number of benzene rings is 3. The van der Waals surface area contributed by atoms with Gasteiger partial charge in [-0.1, -0.05) is 17.7 Å². The van der Waals surface area contributed by atoms with Gasteiger partial charge in [0, 0.05) is 27.6 Å². The SMILES string of the molecule is Cc1ccc(-n2c3ccc(-c4ccc(C(F)(F)F)o4)cc3c3cc(-c4ccc(C(F)(F)F)o4)ccc32)cc1. The maximum atomic E-state index is 13.1. The summed E-state index contributed by atoms with van der Waals surface area (Å²) in [6, 6.07) is 22.4. The number of hydrogen-bond acceptors (Lipinski definition) is 2. The van der Waals surface area contributed by atoms with Crippen molar-refractivity contribution < 1.29 is 35.2 Å². The normalized spacial score (nSPS) is 12.6. The molecule has 0 aliphatic heterocycles. The first-order chi connectivity index (χ1) is 18.0. The fraction of sp³-hybridized carbons (Fsp3) is 0.103. The molecular formula is C29H17F6NO2. The van der Waals surface area contributed by atoms with Crippen LogP contribution >= 0.6 is 0 Å². The highest BCUT2D eigenvalue weighted by Gasteiger charge is 2.35. The fourth-order valence-corrected chi connectivity index (χ4v) is 4.59. The summed E-state index contributed by atoms with van der Waals surface area (Å²) in [6.45, 7) is 1.96. The van der Waals surface area contributed by atoms with E-state index in [0.717, 1.165) is 34.4 Å². The van der Waals surface area contributed by atoms with Crippen LogP contribution in [0.4, 0.5) is 26.3 Å². The zero-order valence-electron chi connectivity index (χ0n) is 19.6. The van der Waals surface area contributed by atoms with E-state index in [9.17, 15) is 26.3 Å². The summed E-state index contributed by atoms with van der Waals surface area (Å²) in [5.74, 6) is -2.11. The van der Waals surface area contributed by atoms with Gasteiger partial charge in [0.25, 0.3) is 0 Å². The summed E-state index contributed by atoms with van der Waals surface area (Å²) >= 11 is 0. The average Bonchev–Trinajstić information content (AvgIpc) is 3.61. The van der Waals surface area contributed by atoms with Crippen LogP contribution in [0.2, 0.25) is 0 Å². The quantitative estimate of drug-likeness (QED) is 0.215. The van der Waals surface area contributed by atoms with Gasteiger partial charge in [0.2, 0.25) is 11.5 Å². The van der Waals surface area contributed by atoms with Crippen molar-refractivity contribution in [2.75, 3.05) is 0 Å². The van der Waals surface area contributed by atoms with E-state index in [2.05, 4.69) is 0 Å². The van der Waals surface area contributed by atoms with E-state index in [-0.39, 0.29) is 11.5 Å². The zero-order chi connectivity index (χ0) is 26.8. The van der Waals surface area contributed by atoms with Crippen molar-refractivity contribution in [3.8, 4) is 28.3 Å². The van der Waals surface area contributed by atoms with E-state index in [1.54, 1.807) is 36.4 Å². The van der Waals surface area contributed by atoms with Crippen molar-refractivity contribution in [3.63, 3.8) is 0 Å². The van der Waals surface area contributed by atoms with E-state index < -0.39 is 23.9 Å². The molecule has 6 rings (SSSR count). The van der Waals surface area contributed by atoms with Gasteiger partial charge in [-0.3, -0.25) is 0 Å². The third-order valence-electron chi connectivity index (χ3n) is 6.40. The maximum absolute atomic E-state index is 13.1. The number of nitrogens with zero attached hydrogens (tertiary/aromatic N) is 1. The van der Waals surface area contributed by atoms with Crippen LogP contribution < -0.4 is 0 Å². The molecule has 0 radical (unpaired) electrons. The molecule has 0 aliphatic rings. The van der Waals surface area contributed by atoms with Crippen molar-refractivity contribution in [2.45, 2.75) is 19.3 Å². The van der Waals surface area contributed by atoms with Gasteiger partial charge in [-0.25, -0.2) is 0 Å². The molecule has 0 atom stereocenters. The van der Waals surface area contributed by atoms with Gasteiger partial charge in [0.15, 0.2) is 0 Å². The van der Waals surface area contributed by atoms with E-state index in [0.29, 0.717) is 21.9 Å². The lowest BCUT2D eigenvalue weighted by Crippen LogP contribution is -2.01. The molecule has 3 heterocycles. The standard InChI is InChI=1S/C29H17F6NO2/c1-16-2-6-19(7-3-16)36-22-8-4-17(24-10-12-26(37-24)28(30,31)32)14-20(22)21-15-18(5-9-23(21)36)25-11-13-27(38-25)29(33,34)35/h2-15H,1H3. The van der Waals surface area contributed by atoms with Crippen LogP contribution in [0.1, 0.15) is 17.1 Å². The minimum absolute atomic E-state index is 0.0486. The largest absolute Gasteiger partial charge is 0.452 e. The maximum Gasteiger partial charge on any atom is 0.449 e. The van der Waals surface area contributed by atoms with E-state index in [1.165, 1.54) is 12.1 Å². The van der Waals surface area contributed by atoms with Crippen LogP contribution in [-0.4, -0.2) is 4.57 Å². The highest BCUT2D eigenvalue weighted by Crippen LogP contribution is 2.40. The first-order valence-corrected chi connectivity index (χ1v) is 11.5. The number of rotatable bonds is 3. The molecule has 0 saturated carbocycles. The summed E-state index contributed by atoms with van der Waals surface area (Å²) in [5.41, 5.74) is 4.31. The van der Waals surface area contributed by atoms with Crippen molar-refractivity contribution in [2.24, 2.45) is 0 Å². The number of fused-ring (bicyclic) bond motifs is 3. The first kappa shape index (κ1) is 24.0. The second-order valence-electron chi connectivity index (χ2n) is 8.96. The number of halogens is 6. The zero-order valence-corrected chi connectivity index (χ0v) is 19.6. The Morgan fingerprint density at radius 3 is 1.39 bits per heavy atom. The number of furan rings is 2. The number of alkyl halides is 6. The first-order valence-electron chi connectivity index (χ1n) is 11.5. The molecule has 192 valence electrons. The molecule has 9 heteroatoms. The molecule has 3 aromatic carbocycles. The van der Waals surface area contributed by atoms with Crippen LogP contribution in [0, 0.1) is 6.92 Å².